The zero-order valence-corrected chi connectivity index (χ0v) is 14.8. The van der Waals surface area contributed by atoms with Crippen LogP contribution < -0.4 is 29.6 Å². The Morgan fingerprint density at radius 1 is 0.944 bits per heavy atom. The first-order valence-electron chi connectivity index (χ1n) is 6.52. The molecule has 0 aliphatic rings. The van der Waals surface area contributed by atoms with Gasteiger partial charge in [0.25, 0.3) is 0 Å². The third kappa shape index (κ3) is 19.2. The Kier molecular flexibility index (Phi) is 15.2. The Balaban J connectivity index is 0. The average Bonchev–Trinajstić information content (AvgIpc) is 2.18. The van der Waals surface area contributed by atoms with E-state index in [4.69, 9.17) is 0 Å². The van der Waals surface area contributed by atoms with Gasteiger partial charge in [-0.3, -0.25) is 4.18 Å². The van der Waals surface area contributed by atoms with Crippen LogP contribution in [0.4, 0.5) is 0 Å². The second-order valence-electron chi connectivity index (χ2n) is 4.89. The molecule has 0 saturated heterocycles. The van der Waals surface area contributed by atoms with Crippen LogP contribution in [0, 0.1) is 5.92 Å². The van der Waals surface area contributed by atoms with E-state index in [0.29, 0.717) is 6.42 Å². The molecule has 0 aromatic heterocycles. The molecule has 0 atom stereocenters. The van der Waals surface area contributed by atoms with Crippen molar-refractivity contribution in [3.63, 3.8) is 0 Å². The van der Waals surface area contributed by atoms with Crippen LogP contribution >= 0.6 is 0 Å². The molecule has 0 radical (unpaired) electrons. The van der Waals surface area contributed by atoms with E-state index in [0.717, 1.165) is 18.8 Å². The second kappa shape index (κ2) is 12.9. The molecular formula is C12H25NaO4S. The van der Waals surface area contributed by atoms with Gasteiger partial charge in [-0.2, -0.15) is 0 Å². The Morgan fingerprint density at radius 3 is 1.83 bits per heavy atom. The Morgan fingerprint density at radius 2 is 1.39 bits per heavy atom. The minimum Gasteiger partial charge on any atom is -0.726 e. The Hall–Kier alpha value is 0.870. The first-order chi connectivity index (χ1) is 7.92. The van der Waals surface area contributed by atoms with Crippen molar-refractivity contribution in [2.45, 2.75) is 65.2 Å². The molecule has 0 amide bonds. The minimum absolute atomic E-state index is 0. The monoisotopic (exact) mass is 288 g/mol. The van der Waals surface area contributed by atoms with Crippen molar-refractivity contribution in [1.29, 1.82) is 0 Å². The van der Waals surface area contributed by atoms with Gasteiger partial charge in [0.1, 0.15) is 0 Å². The molecule has 0 heterocycles. The molecule has 0 fully saturated rings. The zero-order chi connectivity index (χ0) is 13.1. The molecule has 4 nitrogen and oxygen atoms in total. The maximum Gasteiger partial charge on any atom is 1.00 e. The van der Waals surface area contributed by atoms with Crippen molar-refractivity contribution < 1.29 is 46.7 Å². The van der Waals surface area contributed by atoms with Crippen molar-refractivity contribution >= 4 is 10.4 Å². The summed E-state index contributed by atoms with van der Waals surface area (Å²) >= 11 is 0. The van der Waals surface area contributed by atoms with E-state index < -0.39 is 10.4 Å². The molecule has 0 aliphatic carbocycles. The van der Waals surface area contributed by atoms with E-state index in [1.165, 1.54) is 32.1 Å². The van der Waals surface area contributed by atoms with Gasteiger partial charge in [-0.1, -0.05) is 58.8 Å². The fourth-order valence-electron chi connectivity index (χ4n) is 1.70. The summed E-state index contributed by atoms with van der Waals surface area (Å²) in [6.07, 6.45) is 8.97. The number of hydrogen-bond donors (Lipinski definition) is 0. The zero-order valence-electron chi connectivity index (χ0n) is 12.0. The first kappa shape index (κ1) is 21.2. The van der Waals surface area contributed by atoms with Gasteiger partial charge in [-0.05, 0) is 12.3 Å². The predicted octanol–water partition coefficient (Wildman–Crippen LogP) is 0.244. The van der Waals surface area contributed by atoms with Crippen LogP contribution in [0.2, 0.25) is 0 Å². The van der Waals surface area contributed by atoms with Gasteiger partial charge in [0.2, 0.25) is 10.4 Å². The van der Waals surface area contributed by atoms with E-state index in [-0.39, 0.29) is 36.2 Å². The van der Waals surface area contributed by atoms with E-state index >= 15 is 0 Å². The molecule has 18 heavy (non-hydrogen) atoms. The van der Waals surface area contributed by atoms with Crippen molar-refractivity contribution in [3.8, 4) is 0 Å². The van der Waals surface area contributed by atoms with Crippen molar-refractivity contribution in [2.75, 3.05) is 6.61 Å². The van der Waals surface area contributed by atoms with Gasteiger partial charge < -0.3 is 4.55 Å². The molecule has 0 aliphatic heterocycles. The van der Waals surface area contributed by atoms with Crippen LogP contribution in [0.3, 0.4) is 0 Å². The fraction of sp³-hybridized carbons (Fsp3) is 1.00. The summed E-state index contributed by atoms with van der Waals surface area (Å²) in [5.74, 6) is 0.793. The molecular weight excluding hydrogens is 263 g/mol. The summed E-state index contributed by atoms with van der Waals surface area (Å²) in [5.41, 5.74) is 0. The summed E-state index contributed by atoms with van der Waals surface area (Å²) in [4.78, 5) is 0. The number of hydrogen-bond acceptors (Lipinski definition) is 4. The molecule has 0 spiro atoms. The van der Waals surface area contributed by atoms with Crippen LogP contribution in [0.15, 0.2) is 0 Å². The summed E-state index contributed by atoms with van der Waals surface area (Å²) in [7, 11) is -4.49. The Labute approximate surface area is 134 Å². The molecule has 0 unspecified atom stereocenters. The smallest absolute Gasteiger partial charge is 0.726 e. The molecule has 0 N–H and O–H groups in total. The minimum atomic E-state index is -4.49. The standard InChI is InChI=1S/C12H26O4S.Na/c1-12(2)10-8-6-4-3-5-7-9-11-16-17(13,14)15;/h12H,3-11H2,1-2H3,(H,13,14,15);/q;+1/p-1. The Bertz CT molecular complexity index is 265. The fourth-order valence-corrected chi connectivity index (χ4v) is 2.02. The van der Waals surface area contributed by atoms with Crippen LogP contribution in [0.1, 0.15) is 65.2 Å². The number of rotatable bonds is 11. The first-order valence-corrected chi connectivity index (χ1v) is 7.85. The SMILES string of the molecule is CC(C)CCCCCCCCCOS(=O)(=O)[O-].[Na+]. The van der Waals surface area contributed by atoms with Crippen LogP contribution in [0.25, 0.3) is 0 Å². The maximum absolute atomic E-state index is 10.1. The molecule has 0 saturated carbocycles. The molecule has 6 heteroatoms. The largest absolute Gasteiger partial charge is 1.00 e. The van der Waals surface area contributed by atoms with E-state index in [2.05, 4.69) is 18.0 Å². The predicted molar refractivity (Wildman–Crippen MR) is 67.4 cm³/mol. The topological polar surface area (TPSA) is 66.4 Å². The average molecular weight is 288 g/mol. The van der Waals surface area contributed by atoms with Gasteiger partial charge in [-0.25, -0.2) is 8.42 Å². The second-order valence-corrected chi connectivity index (χ2v) is 5.94. The van der Waals surface area contributed by atoms with Crippen LogP contribution in [0.5, 0.6) is 0 Å². The molecule has 104 valence electrons. The van der Waals surface area contributed by atoms with E-state index in [1.807, 2.05) is 0 Å². The number of unbranched alkanes of at least 4 members (excludes halogenated alkanes) is 6. The van der Waals surface area contributed by atoms with E-state index in [9.17, 15) is 13.0 Å². The summed E-state index contributed by atoms with van der Waals surface area (Å²) < 4.78 is 34.5. The van der Waals surface area contributed by atoms with Gasteiger partial charge >= 0.3 is 29.6 Å². The van der Waals surface area contributed by atoms with Gasteiger partial charge in [0, 0.05) is 0 Å². The normalized spacial score (nSPS) is 11.6. The van der Waals surface area contributed by atoms with Gasteiger partial charge in [0.05, 0.1) is 6.61 Å². The third-order valence-electron chi connectivity index (χ3n) is 2.65. The molecule has 0 aromatic carbocycles. The summed E-state index contributed by atoms with van der Waals surface area (Å²) in [5, 5.41) is 0. The molecule has 0 rings (SSSR count). The molecule has 0 aromatic rings. The van der Waals surface area contributed by atoms with Gasteiger partial charge in [0.15, 0.2) is 0 Å². The molecule has 0 bridgehead atoms. The third-order valence-corrected chi connectivity index (χ3v) is 3.11. The quantitative estimate of drug-likeness (QED) is 0.236. The van der Waals surface area contributed by atoms with Crippen molar-refractivity contribution in [2.24, 2.45) is 5.92 Å². The maximum atomic E-state index is 10.1. The summed E-state index contributed by atoms with van der Waals surface area (Å²) in [6, 6.07) is 0. The van der Waals surface area contributed by atoms with Crippen LogP contribution in [-0.4, -0.2) is 19.6 Å². The summed E-state index contributed by atoms with van der Waals surface area (Å²) in [6.45, 7) is 4.51. The van der Waals surface area contributed by atoms with Crippen molar-refractivity contribution in [1.82, 2.24) is 0 Å². The van der Waals surface area contributed by atoms with Crippen molar-refractivity contribution in [3.05, 3.63) is 0 Å². The van der Waals surface area contributed by atoms with Gasteiger partial charge in [-0.15, -0.1) is 0 Å². The van der Waals surface area contributed by atoms with E-state index in [1.54, 1.807) is 0 Å². The van der Waals surface area contributed by atoms with Crippen LogP contribution in [-0.2, 0) is 14.6 Å².